The molecule has 0 unspecified atom stereocenters. The standard InChI is InChI=1S/C34H35ClN4O6/c1-3-43-33(41)20-37-32(40)10-6-9-28-21(2)23-17-31(25(35)18-30(23)44-28)45-29-13-14-36-19-24(29)34(42)39-16-15-38(22-11-12-22)26-7-4-5-8-27(26)39/h4-5,7-8,13-14,17-19,22H,3,6,9-12,15-16,20H2,1-2H3,(H,37,40). The summed E-state index contributed by atoms with van der Waals surface area (Å²) >= 11 is 6.65. The number of anilines is 2. The zero-order chi connectivity index (χ0) is 31.5. The number of hydrogen-bond donors (Lipinski definition) is 1. The van der Waals surface area contributed by atoms with Crippen LogP contribution >= 0.6 is 11.6 Å². The van der Waals surface area contributed by atoms with Crippen molar-refractivity contribution in [2.75, 3.05) is 36.0 Å². The molecule has 10 nitrogen and oxygen atoms in total. The summed E-state index contributed by atoms with van der Waals surface area (Å²) in [7, 11) is 0. The zero-order valence-electron chi connectivity index (χ0n) is 25.3. The van der Waals surface area contributed by atoms with Gasteiger partial charge < -0.3 is 29.0 Å². The van der Waals surface area contributed by atoms with Crippen molar-refractivity contribution in [3.05, 3.63) is 76.8 Å². The Morgan fingerprint density at radius 2 is 1.89 bits per heavy atom. The molecule has 3 heterocycles. The number of amides is 2. The van der Waals surface area contributed by atoms with Crippen LogP contribution in [0.3, 0.4) is 0 Å². The van der Waals surface area contributed by atoms with E-state index in [4.69, 9.17) is 25.5 Å². The minimum absolute atomic E-state index is 0.146. The Morgan fingerprint density at radius 1 is 1.09 bits per heavy atom. The number of aryl methyl sites for hydroxylation is 2. The minimum atomic E-state index is -0.464. The Hall–Kier alpha value is -4.57. The Balaban J connectivity index is 1.17. The Morgan fingerprint density at radius 3 is 2.67 bits per heavy atom. The monoisotopic (exact) mass is 630 g/mol. The fourth-order valence-corrected chi connectivity index (χ4v) is 5.92. The van der Waals surface area contributed by atoms with Gasteiger partial charge >= 0.3 is 5.97 Å². The number of halogens is 1. The molecule has 11 heteroatoms. The fraction of sp³-hybridized carbons (Fsp3) is 0.353. The number of pyridine rings is 1. The van der Waals surface area contributed by atoms with Gasteiger partial charge in [-0.15, -0.1) is 0 Å². The molecule has 0 bridgehead atoms. The molecule has 45 heavy (non-hydrogen) atoms. The summed E-state index contributed by atoms with van der Waals surface area (Å²) < 4.78 is 17.2. The number of carbonyl (C=O) groups excluding carboxylic acids is 3. The molecule has 0 saturated heterocycles. The van der Waals surface area contributed by atoms with Crippen molar-refractivity contribution < 1.29 is 28.3 Å². The third-order valence-electron chi connectivity index (χ3n) is 8.14. The lowest BCUT2D eigenvalue weighted by Gasteiger charge is -2.38. The van der Waals surface area contributed by atoms with Crippen LogP contribution in [-0.2, 0) is 20.7 Å². The van der Waals surface area contributed by atoms with Gasteiger partial charge in [0.25, 0.3) is 5.91 Å². The van der Waals surface area contributed by atoms with Gasteiger partial charge in [-0.2, -0.15) is 0 Å². The number of fused-ring (bicyclic) bond motifs is 2. The highest BCUT2D eigenvalue weighted by Gasteiger charge is 2.36. The third kappa shape index (κ3) is 6.61. The SMILES string of the molecule is CCOC(=O)CNC(=O)CCCc1oc2cc(Cl)c(Oc3ccncc3C(=O)N3CCN(C4CC4)c4ccccc43)cc2c1C. The summed E-state index contributed by atoms with van der Waals surface area (Å²) in [6.45, 7) is 5.12. The predicted octanol–water partition coefficient (Wildman–Crippen LogP) is 6.21. The molecular formula is C34H35ClN4O6. The van der Waals surface area contributed by atoms with Gasteiger partial charge in [-0.1, -0.05) is 23.7 Å². The van der Waals surface area contributed by atoms with Crippen molar-refractivity contribution in [2.24, 2.45) is 0 Å². The summed E-state index contributed by atoms with van der Waals surface area (Å²) in [4.78, 5) is 46.0. The second kappa shape index (κ2) is 13.2. The third-order valence-corrected chi connectivity index (χ3v) is 8.44. The number of carbonyl (C=O) groups is 3. The second-order valence-electron chi connectivity index (χ2n) is 11.2. The first-order valence-electron chi connectivity index (χ1n) is 15.3. The first kappa shape index (κ1) is 30.5. The Kier molecular flexibility index (Phi) is 8.93. The topological polar surface area (TPSA) is 114 Å². The molecule has 2 aromatic carbocycles. The molecule has 0 atom stereocenters. The van der Waals surface area contributed by atoms with E-state index in [0.717, 1.165) is 34.6 Å². The highest BCUT2D eigenvalue weighted by Crippen LogP contribution is 2.42. The number of furan rings is 1. The quantitative estimate of drug-likeness (QED) is 0.195. The lowest BCUT2D eigenvalue weighted by Crippen LogP contribution is -2.45. The molecule has 0 spiro atoms. The van der Waals surface area contributed by atoms with E-state index in [9.17, 15) is 14.4 Å². The van der Waals surface area contributed by atoms with Crippen molar-refractivity contribution in [1.82, 2.24) is 10.3 Å². The number of hydrogen-bond acceptors (Lipinski definition) is 8. The van der Waals surface area contributed by atoms with Crippen LogP contribution in [0, 0.1) is 6.92 Å². The zero-order valence-corrected chi connectivity index (χ0v) is 26.1. The number of aromatic nitrogens is 1. The molecule has 234 valence electrons. The van der Waals surface area contributed by atoms with Crippen molar-refractivity contribution in [3.63, 3.8) is 0 Å². The number of ether oxygens (including phenoxy) is 2. The number of esters is 1. The average Bonchev–Trinajstić information content (AvgIpc) is 3.85. The van der Waals surface area contributed by atoms with Crippen molar-refractivity contribution >= 4 is 51.7 Å². The molecule has 0 radical (unpaired) electrons. The number of rotatable bonds is 11. The summed E-state index contributed by atoms with van der Waals surface area (Å²) in [5, 5.41) is 3.72. The average molecular weight is 631 g/mol. The summed E-state index contributed by atoms with van der Waals surface area (Å²) in [6, 6.07) is 13.7. The van der Waals surface area contributed by atoms with E-state index in [2.05, 4.69) is 21.3 Å². The summed E-state index contributed by atoms with van der Waals surface area (Å²) in [6.07, 6.45) is 6.78. The van der Waals surface area contributed by atoms with Gasteiger partial charge in [0.15, 0.2) is 0 Å². The van der Waals surface area contributed by atoms with E-state index in [-0.39, 0.29) is 31.4 Å². The lowest BCUT2D eigenvalue weighted by atomic mass is 10.1. The largest absolute Gasteiger partial charge is 0.465 e. The molecule has 2 aromatic heterocycles. The first-order valence-corrected chi connectivity index (χ1v) is 15.6. The minimum Gasteiger partial charge on any atom is -0.465 e. The van der Waals surface area contributed by atoms with Crippen LogP contribution in [0.2, 0.25) is 5.02 Å². The lowest BCUT2D eigenvalue weighted by molar-refractivity contribution is -0.143. The van der Waals surface area contributed by atoms with Gasteiger partial charge in [0.1, 0.15) is 35.0 Å². The van der Waals surface area contributed by atoms with Crippen LogP contribution in [-0.4, -0.2) is 55.1 Å². The van der Waals surface area contributed by atoms with Crippen LogP contribution in [0.4, 0.5) is 11.4 Å². The molecule has 1 aliphatic heterocycles. The first-order chi connectivity index (χ1) is 21.8. The smallest absolute Gasteiger partial charge is 0.325 e. The molecule has 1 fully saturated rings. The van der Waals surface area contributed by atoms with E-state index in [1.807, 2.05) is 31.2 Å². The fourth-order valence-electron chi connectivity index (χ4n) is 5.73. The van der Waals surface area contributed by atoms with E-state index < -0.39 is 5.97 Å². The number of para-hydroxylation sites is 2. The van der Waals surface area contributed by atoms with E-state index >= 15 is 0 Å². The highest BCUT2D eigenvalue weighted by molar-refractivity contribution is 6.32. The van der Waals surface area contributed by atoms with Crippen LogP contribution < -0.4 is 19.9 Å². The van der Waals surface area contributed by atoms with Gasteiger partial charge in [0.05, 0.1) is 23.0 Å². The number of nitrogens with one attached hydrogen (secondary N) is 1. The predicted molar refractivity (Wildman–Crippen MR) is 171 cm³/mol. The maximum Gasteiger partial charge on any atom is 0.325 e. The highest BCUT2D eigenvalue weighted by atomic mass is 35.5. The summed E-state index contributed by atoms with van der Waals surface area (Å²) in [5.41, 5.74) is 3.81. The van der Waals surface area contributed by atoms with Gasteiger partial charge in [-0.05, 0) is 62.9 Å². The normalized spacial score (nSPS) is 14.3. The van der Waals surface area contributed by atoms with Crippen molar-refractivity contribution in [2.45, 2.75) is 52.0 Å². The van der Waals surface area contributed by atoms with Crippen molar-refractivity contribution in [1.29, 1.82) is 0 Å². The molecule has 4 aromatic rings. The van der Waals surface area contributed by atoms with Gasteiger partial charge in [0.2, 0.25) is 5.91 Å². The van der Waals surface area contributed by atoms with E-state index in [1.54, 1.807) is 30.2 Å². The maximum atomic E-state index is 14.0. The van der Waals surface area contributed by atoms with Gasteiger partial charge in [0, 0.05) is 55.8 Å². The Labute approximate surface area is 266 Å². The number of benzene rings is 2. The van der Waals surface area contributed by atoms with Crippen molar-refractivity contribution in [3.8, 4) is 11.5 Å². The van der Waals surface area contributed by atoms with Gasteiger partial charge in [-0.25, -0.2) is 0 Å². The van der Waals surface area contributed by atoms with E-state index in [0.29, 0.717) is 53.1 Å². The van der Waals surface area contributed by atoms with Crippen LogP contribution in [0.25, 0.3) is 11.0 Å². The molecule has 2 amide bonds. The molecule has 1 N–H and O–H groups in total. The van der Waals surface area contributed by atoms with Crippen LogP contribution in [0.15, 0.2) is 59.3 Å². The molecule has 2 aliphatic rings. The summed E-state index contributed by atoms with van der Waals surface area (Å²) in [5.74, 6) is 0.595. The van der Waals surface area contributed by atoms with E-state index in [1.165, 1.54) is 19.0 Å². The molecule has 6 rings (SSSR count). The second-order valence-corrected chi connectivity index (χ2v) is 11.6. The van der Waals surface area contributed by atoms with Crippen LogP contribution in [0.5, 0.6) is 11.5 Å². The number of nitrogens with zero attached hydrogens (tertiary/aromatic N) is 3. The molecule has 1 aliphatic carbocycles. The van der Waals surface area contributed by atoms with Gasteiger partial charge in [-0.3, -0.25) is 19.4 Å². The molecule has 1 saturated carbocycles. The Bertz CT molecular complexity index is 1750. The van der Waals surface area contributed by atoms with Crippen LogP contribution in [0.1, 0.15) is 54.3 Å². The maximum absolute atomic E-state index is 14.0. The molecular weight excluding hydrogens is 596 g/mol.